The van der Waals surface area contributed by atoms with E-state index in [2.05, 4.69) is 47.5 Å². The first-order chi connectivity index (χ1) is 26.5. The molecule has 0 saturated heterocycles. The highest BCUT2D eigenvalue weighted by Gasteiger charge is 2.31. The predicted octanol–water partition coefficient (Wildman–Crippen LogP) is -5.70. The number of nitrogens with one attached hydrogen (secondary N) is 8. The van der Waals surface area contributed by atoms with Gasteiger partial charge in [-0.3, -0.25) is 48.1 Å². The van der Waals surface area contributed by atoms with Crippen molar-refractivity contribution in [3.8, 4) is 0 Å². The molecule has 0 spiro atoms. The summed E-state index contributed by atoms with van der Waals surface area (Å²) >= 11 is 0. The first-order valence-corrected chi connectivity index (χ1v) is 18.0. The van der Waals surface area contributed by atoms with Crippen molar-refractivity contribution in [1.29, 1.82) is 0 Å². The molecule has 0 aliphatic heterocycles. The van der Waals surface area contributed by atoms with Gasteiger partial charge in [0.2, 0.25) is 47.3 Å². The Morgan fingerprint density at radius 1 is 0.544 bits per heavy atom. The molecule has 0 unspecified atom stereocenters. The van der Waals surface area contributed by atoms with Gasteiger partial charge in [0.25, 0.3) is 0 Å². The molecule has 0 radical (unpaired) electrons. The number of guanidine groups is 1. The third kappa shape index (κ3) is 21.6. The summed E-state index contributed by atoms with van der Waals surface area (Å²) in [6.07, 6.45) is -0.807. The van der Waals surface area contributed by atoms with Gasteiger partial charge in [-0.05, 0) is 30.6 Å². The van der Waals surface area contributed by atoms with Crippen LogP contribution in [0.15, 0.2) is 4.99 Å². The molecule has 5 atom stereocenters. The Morgan fingerprint density at radius 3 is 1.51 bits per heavy atom. The van der Waals surface area contributed by atoms with E-state index in [9.17, 15) is 58.2 Å². The fourth-order valence-electron chi connectivity index (χ4n) is 4.57. The number of carboxylic acid groups (broad SMARTS) is 2. The molecule has 24 heteroatoms. The van der Waals surface area contributed by atoms with Crippen LogP contribution >= 0.6 is 0 Å². The van der Waals surface area contributed by atoms with Crippen molar-refractivity contribution in [2.24, 2.45) is 39.9 Å². The number of hydrogen-bond acceptors (Lipinski definition) is 12. The minimum Gasteiger partial charge on any atom is -0.481 e. The number of carboxylic acids is 2. The van der Waals surface area contributed by atoms with Crippen molar-refractivity contribution in [1.82, 2.24) is 42.5 Å². The molecular weight excluding hydrogens is 756 g/mol. The smallest absolute Gasteiger partial charge is 0.326 e. The average molecular weight is 815 g/mol. The highest BCUT2D eigenvalue weighted by molar-refractivity contribution is 5.97. The van der Waals surface area contributed by atoms with Crippen molar-refractivity contribution in [3.63, 3.8) is 0 Å². The molecule has 57 heavy (non-hydrogen) atoms. The third-order valence-corrected chi connectivity index (χ3v) is 7.86. The van der Waals surface area contributed by atoms with E-state index in [1.165, 1.54) is 13.8 Å². The zero-order valence-electron chi connectivity index (χ0n) is 32.9. The van der Waals surface area contributed by atoms with Gasteiger partial charge < -0.3 is 69.9 Å². The largest absolute Gasteiger partial charge is 0.481 e. The fraction of sp³-hybridized carbons (Fsp3) is 0.667. The number of nitrogens with zero attached hydrogens (tertiary/aromatic N) is 1. The van der Waals surface area contributed by atoms with E-state index >= 15 is 0 Å². The van der Waals surface area contributed by atoms with E-state index in [-0.39, 0.29) is 31.3 Å². The standard InChI is InChI=1S/C33H58N12O12/c1-15(2)25(34)30(54)40-11-20(46)38-12-21(47)42-18(8-7-9-37-33(35)36)28(52)39-13-22(48)43-19(10-24(50)51)29(53)45-26(16(3)4)31(55)41-14-23(49)44-27(17(5)6)32(56)57/h15-19,25-27H,7-14,34H2,1-6H3,(H,38,46)(H,39,52)(H,40,54)(H,41,55)(H,42,47)(H,43,48)(H,44,49)(H,45,53)(H,50,51)(H,56,57)(H4,35,36,37)/t18-,19-,25-,26-,27-/m0/s1. The van der Waals surface area contributed by atoms with Crippen LogP contribution in [0.4, 0.5) is 0 Å². The Balaban J connectivity index is 5.51. The predicted molar refractivity (Wildman–Crippen MR) is 202 cm³/mol. The van der Waals surface area contributed by atoms with Crippen LogP contribution in [-0.4, -0.2) is 138 Å². The van der Waals surface area contributed by atoms with Crippen LogP contribution in [0.25, 0.3) is 0 Å². The number of carbonyl (C=O) groups excluding carboxylic acids is 8. The Labute approximate surface area is 329 Å². The molecule has 0 fully saturated rings. The highest BCUT2D eigenvalue weighted by Crippen LogP contribution is 2.05. The fourth-order valence-corrected chi connectivity index (χ4v) is 4.57. The molecule has 0 aliphatic carbocycles. The van der Waals surface area contributed by atoms with E-state index in [1.54, 1.807) is 27.7 Å². The van der Waals surface area contributed by atoms with E-state index in [4.69, 9.17) is 17.2 Å². The number of hydrogen-bond donors (Lipinski definition) is 13. The highest BCUT2D eigenvalue weighted by atomic mass is 16.4. The number of carbonyl (C=O) groups is 10. The van der Waals surface area contributed by atoms with Crippen molar-refractivity contribution in [3.05, 3.63) is 0 Å². The number of rotatable bonds is 26. The molecule has 0 aromatic rings. The zero-order valence-corrected chi connectivity index (χ0v) is 32.9. The Bertz CT molecular complexity index is 1480. The first kappa shape index (κ1) is 50.9. The molecule has 0 aromatic heterocycles. The maximum absolute atomic E-state index is 13.1. The topological polar surface area (TPSA) is 398 Å². The lowest BCUT2D eigenvalue weighted by Crippen LogP contribution is -2.58. The van der Waals surface area contributed by atoms with E-state index in [0.717, 1.165) is 0 Å². The van der Waals surface area contributed by atoms with E-state index in [0.29, 0.717) is 0 Å². The summed E-state index contributed by atoms with van der Waals surface area (Å²) in [4.78, 5) is 128. The summed E-state index contributed by atoms with van der Waals surface area (Å²) in [6.45, 7) is 7.22. The van der Waals surface area contributed by atoms with Gasteiger partial charge in [0.15, 0.2) is 5.96 Å². The van der Waals surface area contributed by atoms with Gasteiger partial charge in [-0.1, -0.05) is 41.5 Å². The second-order valence-electron chi connectivity index (χ2n) is 13.8. The Hall–Kier alpha value is -6.07. The molecule has 0 rings (SSSR count). The van der Waals surface area contributed by atoms with Crippen LogP contribution in [0.3, 0.4) is 0 Å². The monoisotopic (exact) mass is 814 g/mol. The maximum Gasteiger partial charge on any atom is 0.326 e. The maximum atomic E-state index is 13.1. The van der Waals surface area contributed by atoms with Crippen LogP contribution in [0, 0.1) is 17.8 Å². The third-order valence-electron chi connectivity index (χ3n) is 7.86. The molecule has 16 N–H and O–H groups in total. The summed E-state index contributed by atoms with van der Waals surface area (Å²) in [7, 11) is 0. The van der Waals surface area contributed by atoms with Crippen molar-refractivity contribution >= 4 is 65.2 Å². The van der Waals surface area contributed by atoms with E-state index in [1.807, 2.05) is 0 Å². The van der Waals surface area contributed by atoms with Gasteiger partial charge in [0, 0.05) is 6.54 Å². The quantitative estimate of drug-likeness (QED) is 0.0220. The Morgan fingerprint density at radius 2 is 1.02 bits per heavy atom. The molecule has 24 nitrogen and oxygen atoms in total. The molecule has 322 valence electrons. The summed E-state index contributed by atoms with van der Waals surface area (Å²) in [5, 5.41) is 37.0. The molecule has 0 aliphatic rings. The molecule has 0 bridgehead atoms. The minimum atomic E-state index is -1.74. The van der Waals surface area contributed by atoms with Crippen LogP contribution < -0.4 is 59.7 Å². The molecule has 0 heterocycles. The number of aliphatic carboxylic acids is 2. The second kappa shape index (κ2) is 25.9. The number of nitrogens with two attached hydrogens (primary N) is 3. The summed E-state index contributed by atoms with van der Waals surface area (Å²) in [6, 6.07) is -6.42. The average Bonchev–Trinajstić information content (AvgIpc) is 3.11. The van der Waals surface area contributed by atoms with Crippen LogP contribution in [-0.2, 0) is 47.9 Å². The molecule has 0 saturated carbocycles. The van der Waals surface area contributed by atoms with Crippen molar-refractivity contribution in [2.75, 3.05) is 32.7 Å². The summed E-state index contributed by atoms with van der Waals surface area (Å²) < 4.78 is 0. The molecule has 8 amide bonds. The van der Waals surface area contributed by atoms with Crippen molar-refractivity contribution < 1.29 is 58.2 Å². The lowest BCUT2D eigenvalue weighted by molar-refractivity contribution is -0.143. The summed E-state index contributed by atoms with van der Waals surface area (Å²) in [5.74, 6) is -11.0. The summed E-state index contributed by atoms with van der Waals surface area (Å²) in [5.41, 5.74) is 16.4. The van der Waals surface area contributed by atoms with Gasteiger partial charge in [0.05, 0.1) is 38.6 Å². The lowest BCUT2D eigenvalue weighted by atomic mass is 10.0. The molecule has 0 aromatic carbocycles. The number of amides is 8. The minimum absolute atomic E-state index is 0.0463. The van der Waals surface area contributed by atoms with Crippen molar-refractivity contribution in [2.45, 2.75) is 91.0 Å². The van der Waals surface area contributed by atoms with Crippen LogP contribution in [0.5, 0.6) is 0 Å². The van der Waals surface area contributed by atoms with Gasteiger partial charge in [0.1, 0.15) is 24.2 Å². The lowest BCUT2D eigenvalue weighted by Gasteiger charge is -2.25. The normalized spacial score (nSPS) is 13.4. The Kier molecular flexibility index (Phi) is 23.1. The van der Waals surface area contributed by atoms with Gasteiger partial charge in [-0.25, -0.2) is 4.79 Å². The zero-order chi connectivity index (χ0) is 44.0. The van der Waals surface area contributed by atoms with Gasteiger partial charge >= 0.3 is 11.9 Å². The SMILES string of the molecule is CC(C)[C@H](N)C(=O)NCC(=O)NCC(=O)N[C@@H](CCCN=C(N)N)C(=O)NCC(=O)N[C@@H](CC(=O)O)C(=O)N[C@H](C(=O)NCC(=O)N[C@H](C(=O)O)C(C)C)C(C)C. The second-order valence-corrected chi connectivity index (χ2v) is 13.8. The van der Waals surface area contributed by atoms with E-state index < -0.39 is 134 Å². The molecular formula is C33H58N12O12. The van der Waals surface area contributed by atoms with Crippen LogP contribution in [0.1, 0.15) is 60.8 Å². The van der Waals surface area contributed by atoms with Gasteiger partial charge in [-0.2, -0.15) is 0 Å². The van der Waals surface area contributed by atoms with Crippen LogP contribution in [0.2, 0.25) is 0 Å². The first-order valence-electron chi connectivity index (χ1n) is 18.0. The van der Waals surface area contributed by atoms with Gasteiger partial charge in [-0.15, -0.1) is 0 Å². The number of aliphatic imine (C=N–C) groups is 1.